The molecule has 12 heavy (non-hydrogen) atoms. The van der Waals surface area contributed by atoms with Gasteiger partial charge in [-0.1, -0.05) is 0 Å². The highest BCUT2D eigenvalue weighted by Gasteiger charge is 1.93. The Morgan fingerprint density at radius 3 is 2.50 bits per heavy atom. The molecule has 0 fully saturated rings. The molecule has 2 nitrogen and oxygen atoms in total. The molecule has 0 amide bonds. The summed E-state index contributed by atoms with van der Waals surface area (Å²) in [6.45, 7) is 1.93. The van der Waals surface area contributed by atoms with Gasteiger partial charge in [-0.3, -0.25) is 0 Å². The maximum absolute atomic E-state index is 10.5. The van der Waals surface area contributed by atoms with Crippen LogP contribution in [-0.4, -0.2) is 29.0 Å². The van der Waals surface area contributed by atoms with Crippen molar-refractivity contribution in [1.29, 1.82) is 0 Å². The molecule has 0 aliphatic rings. The van der Waals surface area contributed by atoms with Crippen molar-refractivity contribution in [2.75, 3.05) is 18.1 Å². The summed E-state index contributed by atoms with van der Waals surface area (Å²) in [6, 6.07) is 0. The molecule has 0 radical (unpaired) electrons. The van der Waals surface area contributed by atoms with Gasteiger partial charge in [-0.15, -0.1) is 0 Å². The molecule has 1 N–H and O–H groups in total. The molecule has 0 aliphatic carbocycles. The fraction of sp³-hybridized carbons (Fsp3) is 0.889. The number of hydrogen-bond donors (Lipinski definition) is 1. The van der Waals surface area contributed by atoms with Crippen LogP contribution < -0.4 is 0 Å². The zero-order chi connectivity index (χ0) is 9.23. The zero-order valence-corrected chi connectivity index (χ0v) is 8.53. The lowest BCUT2D eigenvalue weighted by atomic mass is 10.2. The summed E-state index contributed by atoms with van der Waals surface area (Å²) in [4.78, 5) is 10.5. The Bertz CT molecular complexity index is 115. The molecule has 0 bridgehead atoms. The van der Waals surface area contributed by atoms with E-state index >= 15 is 0 Å². The third kappa shape index (κ3) is 9.98. The summed E-state index contributed by atoms with van der Waals surface area (Å²) >= 11 is 1.86. The number of aliphatic hydroxyl groups is 1. The minimum atomic E-state index is 0.287. The predicted octanol–water partition coefficient (Wildman–Crippen LogP) is 1.86. The number of thioether (sulfide) groups is 1. The lowest BCUT2D eigenvalue weighted by Gasteiger charge is -1.98. The molecule has 0 unspecified atom stereocenters. The van der Waals surface area contributed by atoms with Crippen molar-refractivity contribution in [1.82, 2.24) is 0 Å². The van der Waals surface area contributed by atoms with Crippen LogP contribution in [0.1, 0.15) is 32.6 Å². The molecule has 0 spiro atoms. The minimum Gasteiger partial charge on any atom is -0.396 e. The average molecular weight is 190 g/mol. The average Bonchev–Trinajstić information content (AvgIpc) is 2.02. The first kappa shape index (κ1) is 12.0. The summed E-state index contributed by atoms with van der Waals surface area (Å²) in [5.74, 6) is 2.44. The molecule has 0 rings (SSSR count). The van der Waals surface area contributed by atoms with Crippen molar-refractivity contribution in [2.45, 2.75) is 32.6 Å². The number of aliphatic hydroxyl groups excluding tert-OH is 1. The summed E-state index contributed by atoms with van der Waals surface area (Å²) in [5.41, 5.74) is 0. The van der Waals surface area contributed by atoms with Gasteiger partial charge in [0.1, 0.15) is 5.78 Å². The van der Waals surface area contributed by atoms with Crippen LogP contribution in [0.25, 0.3) is 0 Å². The second-order valence-electron chi connectivity index (χ2n) is 2.85. The van der Waals surface area contributed by atoms with Crippen LogP contribution in [0.15, 0.2) is 0 Å². The number of carbonyl (C=O) groups excluding carboxylic acids is 1. The van der Waals surface area contributed by atoms with Gasteiger partial charge in [-0.25, -0.2) is 0 Å². The van der Waals surface area contributed by atoms with Crippen LogP contribution >= 0.6 is 11.8 Å². The van der Waals surface area contributed by atoms with Gasteiger partial charge in [0.05, 0.1) is 0 Å². The van der Waals surface area contributed by atoms with E-state index in [1.165, 1.54) is 0 Å². The van der Waals surface area contributed by atoms with E-state index in [2.05, 4.69) is 0 Å². The van der Waals surface area contributed by atoms with Gasteiger partial charge in [-0.2, -0.15) is 11.8 Å². The molecule has 0 saturated heterocycles. The molecule has 3 heteroatoms. The highest BCUT2D eigenvalue weighted by atomic mass is 32.2. The Hall–Kier alpha value is -0.0200. The van der Waals surface area contributed by atoms with E-state index in [-0.39, 0.29) is 5.78 Å². The Labute approximate surface area is 78.7 Å². The number of ketones is 1. The maximum Gasteiger partial charge on any atom is 0.129 e. The van der Waals surface area contributed by atoms with E-state index in [1.54, 1.807) is 6.92 Å². The van der Waals surface area contributed by atoms with E-state index in [1.807, 2.05) is 11.8 Å². The van der Waals surface area contributed by atoms with Crippen LogP contribution in [0.5, 0.6) is 0 Å². The van der Waals surface area contributed by atoms with Crippen LogP contribution in [0.2, 0.25) is 0 Å². The van der Waals surface area contributed by atoms with Gasteiger partial charge in [0.2, 0.25) is 0 Å². The first-order valence-electron chi connectivity index (χ1n) is 4.45. The van der Waals surface area contributed by atoms with Gasteiger partial charge in [0, 0.05) is 13.0 Å². The van der Waals surface area contributed by atoms with Gasteiger partial charge < -0.3 is 9.90 Å². The third-order valence-electron chi connectivity index (χ3n) is 1.51. The summed E-state index contributed by atoms with van der Waals surface area (Å²) < 4.78 is 0. The van der Waals surface area contributed by atoms with Gasteiger partial charge in [-0.05, 0) is 37.7 Å². The van der Waals surface area contributed by atoms with E-state index in [0.29, 0.717) is 6.61 Å². The third-order valence-corrected chi connectivity index (χ3v) is 2.67. The van der Waals surface area contributed by atoms with Crippen LogP contribution in [-0.2, 0) is 4.79 Å². The summed E-state index contributed by atoms with van der Waals surface area (Å²) in [5, 5.41) is 8.48. The maximum atomic E-state index is 10.5. The van der Waals surface area contributed by atoms with Gasteiger partial charge >= 0.3 is 0 Å². The monoisotopic (exact) mass is 190 g/mol. The van der Waals surface area contributed by atoms with E-state index in [9.17, 15) is 4.79 Å². The Morgan fingerprint density at radius 1 is 1.25 bits per heavy atom. The fourth-order valence-electron chi connectivity index (χ4n) is 0.847. The first-order valence-corrected chi connectivity index (χ1v) is 5.61. The molecular weight excluding hydrogens is 172 g/mol. The van der Waals surface area contributed by atoms with Crippen LogP contribution in [0, 0.1) is 0 Å². The second kappa shape index (κ2) is 9.07. The van der Waals surface area contributed by atoms with Gasteiger partial charge in [0.25, 0.3) is 0 Å². The Morgan fingerprint density at radius 2 is 1.92 bits per heavy atom. The van der Waals surface area contributed by atoms with E-state index in [0.717, 1.165) is 37.2 Å². The lowest BCUT2D eigenvalue weighted by molar-refractivity contribution is -0.117. The van der Waals surface area contributed by atoms with Crippen molar-refractivity contribution < 1.29 is 9.90 Å². The second-order valence-corrected chi connectivity index (χ2v) is 4.07. The van der Waals surface area contributed by atoms with Crippen molar-refractivity contribution in [3.05, 3.63) is 0 Å². The molecule has 0 heterocycles. The number of hydrogen-bond acceptors (Lipinski definition) is 3. The van der Waals surface area contributed by atoms with Gasteiger partial charge in [0.15, 0.2) is 0 Å². The molecule has 0 aliphatic heterocycles. The molecular formula is C9H18O2S. The molecule has 0 aromatic rings. The highest BCUT2D eigenvalue weighted by molar-refractivity contribution is 7.99. The fourth-order valence-corrected chi connectivity index (χ4v) is 1.79. The van der Waals surface area contributed by atoms with Crippen LogP contribution in [0.3, 0.4) is 0 Å². The van der Waals surface area contributed by atoms with E-state index < -0.39 is 0 Å². The SMILES string of the molecule is CC(=O)CCCCSCCCO. The summed E-state index contributed by atoms with van der Waals surface area (Å²) in [6.07, 6.45) is 3.75. The number of carbonyl (C=O) groups is 1. The Kier molecular flexibility index (Phi) is 9.06. The van der Waals surface area contributed by atoms with Crippen molar-refractivity contribution >= 4 is 17.5 Å². The predicted molar refractivity (Wildman–Crippen MR) is 53.6 cm³/mol. The quantitative estimate of drug-likeness (QED) is 0.594. The molecule has 0 aromatic carbocycles. The topological polar surface area (TPSA) is 37.3 Å². The standard InChI is InChI=1S/C9H18O2S/c1-9(11)5-2-3-7-12-8-4-6-10/h10H,2-8H2,1H3. The molecule has 0 atom stereocenters. The number of rotatable bonds is 8. The highest BCUT2D eigenvalue weighted by Crippen LogP contribution is 2.07. The van der Waals surface area contributed by atoms with Crippen LogP contribution in [0.4, 0.5) is 0 Å². The van der Waals surface area contributed by atoms with E-state index in [4.69, 9.17) is 5.11 Å². The van der Waals surface area contributed by atoms with Crippen molar-refractivity contribution in [2.24, 2.45) is 0 Å². The summed E-state index contributed by atoms with van der Waals surface area (Å²) in [7, 11) is 0. The molecule has 0 aromatic heterocycles. The largest absolute Gasteiger partial charge is 0.396 e. The van der Waals surface area contributed by atoms with Crippen molar-refractivity contribution in [3.63, 3.8) is 0 Å². The lowest BCUT2D eigenvalue weighted by Crippen LogP contribution is -1.91. The minimum absolute atomic E-state index is 0.287. The number of Topliss-reactive ketones (excluding diaryl/α,β-unsaturated/α-hetero) is 1. The molecule has 0 saturated carbocycles. The Balaban J connectivity index is 2.86. The normalized spacial score (nSPS) is 10.2. The first-order chi connectivity index (χ1) is 5.77. The zero-order valence-electron chi connectivity index (χ0n) is 7.71. The number of unbranched alkanes of at least 4 members (excludes halogenated alkanes) is 1. The smallest absolute Gasteiger partial charge is 0.129 e. The van der Waals surface area contributed by atoms with Crippen molar-refractivity contribution in [3.8, 4) is 0 Å². The molecule has 72 valence electrons.